The molecular weight excluding hydrogens is 518 g/mol. The number of nitriles is 3. The number of anilines is 3. The van der Waals surface area contributed by atoms with E-state index in [1.54, 1.807) is 42.5 Å². The van der Waals surface area contributed by atoms with E-state index in [1.165, 1.54) is 12.2 Å². The summed E-state index contributed by atoms with van der Waals surface area (Å²) in [5.74, 6) is 1.52. The van der Waals surface area contributed by atoms with Crippen LogP contribution in [0.4, 0.5) is 17.5 Å². The molecule has 3 rings (SSSR count). The second kappa shape index (κ2) is 23.4. The van der Waals surface area contributed by atoms with Crippen LogP contribution in [0, 0.1) is 34.0 Å². The van der Waals surface area contributed by atoms with Gasteiger partial charge in [-0.15, -0.1) is 0 Å². The largest absolute Gasteiger partial charge is 0.384 e. The molecule has 0 bridgehead atoms. The van der Waals surface area contributed by atoms with Crippen LogP contribution in [0.15, 0.2) is 77.9 Å². The van der Waals surface area contributed by atoms with E-state index in [1.807, 2.05) is 30.3 Å². The monoisotopic (exact) mass is 549 g/mol. The maximum absolute atomic E-state index is 8.29. The summed E-state index contributed by atoms with van der Waals surface area (Å²) in [6.07, 6.45) is 5.33. The molecule has 0 aliphatic heterocycles. The Labute approximate surface area is 222 Å². The molecule has 188 valence electrons. The van der Waals surface area contributed by atoms with Crippen molar-refractivity contribution in [1.29, 1.82) is 15.8 Å². The summed E-state index contributed by atoms with van der Waals surface area (Å²) in [7, 11) is 0. The maximum atomic E-state index is 8.29. The fraction of sp³-hybridized carbons (Fsp3) is 0.154. The SMILES string of the molecule is C.C.C=CC#N.N#C/C=C/c1cccc(N)n1.N#CCCc1cccc(N)n1.Nc1cccc(Br)n1. The molecule has 9 nitrogen and oxygen atoms in total. The Morgan fingerprint density at radius 2 is 1.33 bits per heavy atom. The van der Waals surface area contributed by atoms with E-state index in [2.05, 4.69) is 43.5 Å². The lowest BCUT2D eigenvalue weighted by atomic mass is 10.2. The second-order valence-electron chi connectivity index (χ2n) is 5.88. The second-order valence-corrected chi connectivity index (χ2v) is 6.69. The van der Waals surface area contributed by atoms with Gasteiger partial charge in [0, 0.05) is 30.7 Å². The molecule has 0 saturated heterocycles. The van der Waals surface area contributed by atoms with Gasteiger partial charge in [-0.2, -0.15) is 15.8 Å². The Balaban J connectivity index is -0.000000416. The number of aromatic nitrogens is 3. The van der Waals surface area contributed by atoms with E-state index in [9.17, 15) is 0 Å². The van der Waals surface area contributed by atoms with Gasteiger partial charge in [-0.3, -0.25) is 0 Å². The molecule has 6 N–H and O–H groups in total. The molecule has 0 aliphatic carbocycles. The fourth-order valence-electron chi connectivity index (χ4n) is 1.93. The van der Waals surface area contributed by atoms with Crippen LogP contribution in [0.2, 0.25) is 0 Å². The number of hydrogen-bond donors (Lipinski definition) is 3. The minimum absolute atomic E-state index is 0. The summed E-state index contributed by atoms with van der Waals surface area (Å²) in [6, 6.07) is 21.7. The highest BCUT2D eigenvalue weighted by Crippen LogP contribution is 2.06. The highest BCUT2D eigenvalue weighted by Gasteiger charge is 1.93. The molecule has 0 atom stereocenters. The van der Waals surface area contributed by atoms with Crippen LogP contribution in [-0.2, 0) is 6.42 Å². The molecule has 0 aliphatic rings. The molecule has 0 fully saturated rings. The van der Waals surface area contributed by atoms with E-state index in [4.69, 9.17) is 33.0 Å². The van der Waals surface area contributed by atoms with Gasteiger partial charge in [-0.25, -0.2) is 15.0 Å². The lowest BCUT2D eigenvalue weighted by molar-refractivity contribution is 0.955. The van der Waals surface area contributed by atoms with E-state index < -0.39 is 0 Å². The topological polar surface area (TPSA) is 188 Å². The van der Waals surface area contributed by atoms with Gasteiger partial charge >= 0.3 is 0 Å². The highest BCUT2D eigenvalue weighted by atomic mass is 79.9. The van der Waals surface area contributed by atoms with Crippen LogP contribution in [0.5, 0.6) is 0 Å². The zero-order valence-electron chi connectivity index (χ0n) is 18.3. The molecule has 0 aromatic carbocycles. The van der Waals surface area contributed by atoms with Crippen molar-refractivity contribution >= 4 is 39.5 Å². The normalized spacial score (nSPS) is 8.17. The van der Waals surface area contributed by atoms with Gasteiger partial charge in [0.25, 0.3) is 0 Å². The number of nitrogen functional groups attached to an aromatic ring is 3. The molecule has 0 saturated carbocycles. The first-order valence-electron chi connectivity index (χ1n) is 9.61. The van der Waals surface area contributed by atoms with Crippen molar-refractivity contribution in [3.8, 4) is 18.2 Å². The average Bonchev–Trinajstić information content (AvgIpc) is 2.82. The molecular formula is C26H32BrN9. The van der Waals surface area contributed by atoms with Crippen molar-refractivity contribution in [1.82, 2.24) is 15.0 Å². The first kappa shape index (κ1) is 35.9. The van der Waals surface area contributed by atoms with Gasteiger partial charge in [0.1, 0.15) is 22.1 Å². The standard InChI is InChI=1S/C8H9N3.C8H7N3.C5H5BrN2.C3H3N.2CH4/c2*9-6-2-4-7-3-1-5-8(10)11-7;6-4-2-1-3-5(7)8-4;1-2-3-4;;/h1,3,5H,2,4H2,(H2,10,11);1-5H,(H2,10,11);1-3H,(H2,7,8);2H,1H2;2*1H4/b;4-2+;;;;. The van der Waals surface area contributed by atoms with Gasteiger partial charge in [-0.05, 0) is 58.4 Å². The highest BCUT2D eigenvalue weighted by molar-refractivity contribution is 9.10. The van der Waals surface area contributed by atoms with E-state index in [-0.39, 0.29) is 14.9 Å². The number of aryl methyl sites for hydroxylation is 1. The summed E-state index contributed by atoms with van der Waals surface area (Å²) in [5, 5.41) is 24.0. The average molecular weight is 551 g/mol. The number of halogens is 1. The summed E-state index contributed by atoms with van der Waals surface area (Å²) in [4.78, 5) is 11.9. The van der Waals surface area contributed by atoms with Crippen LogP contribution in [0.3, 0.4) is 0 Å². The molecule has 0 spiro atoms. The zero-order valence-corrected chi connectivity index (χ0v) is 19.9. The molecule has 0 radical (unpaired) electrons. The number of hydrogen-bond acceptors (Lipinski definition) is 9. The number of nitrogens with two attached hydrogens (primary N) is 3. The Bertz CT molecular complexity index is 1160. The van der Waals surface area contributed by atoms with Crippen molar-refractivity contribution in [2.24, 2.45) is 0 Å². The third-order valence-electron chi connectivity index (χ3n) is 3.27. The Hall–Kier alpha value is -4.72. The van der Waals surface area contributed by atoms with Crippen LogP contribution >= 0.6 is 15.9 Å². The predicted molar refractivity (Wildman–Crippen MR) is 152 cm³/mol. The van der Waals surface area contributed by atoms with E-state index in [0.29, 0.717) is 36.0 Å². The molecule has 3 aromatic rings. The van der Waals surface area contributed by atoms with Gasteiger partial charge in [0.05, 0.1) is 23.9 Å². The van der Waals surface area contributed by atoms with Crippen molar-refractivity contribution in [2.75, 3.05) is 17.2 Å². The lowest BCUT2D eigenvalue weighted by Crippen LogP contribution is -1.94. The Kier molecular flexibility index (Phi) is 23.3. The van der Waals surface area contributed by atoms with Crippen molar-refractivity contribution < 1.29 is 0 Å². The quantitative estimate of drug-likeness (QED) is 0.271. The summed E-state index contributed by atoms with van der Waals surface area (Å²) < 4.78 is 0.775. The molecule has 10 heteroatoms. The minimum Gasteiger partial charge on any atom is -0.384 e. The number of allylic oxidation sites excluding steroid dienone is 2. The van der Waals surface area contributed by atoms with Crippen LogP contribution in [0.1, 0.15) is 32.7 Å². The van der Waals surface area contributed by atoms with Gasteiger partial charge in [0.15, 0.2) is 0 Å². The minimum atomic E-state index is 0. The van der Waals surface area contributed by atoms with Gasteiger partial charge < -0.3 is 17.2 Å². The van der Waals surface area contributed by atoms with Crippen LogP contribution in [-0.4, -0.2) is 15.0 Å². The molecule has 0 unspecified atom stereocenters. The molecule has 3 heterocycles. The first-order chi connectivity index (χ1) is 16.4. The smallest absolute Gasteiger partial charge is 0.124 e. The van der Waals surface area contributed by atoms with Crippen molar-refractivity contribution in [3.63, 3.8) is 0 Å². The van der Waals surface area contributed by atoms with Gasteiger partial charge in [-0.1, -0.05) is 39.6 Å². The third-order valence-corrected chi connectivity index (χ3v) is 3.71. The Morgan fingerprint density at radius 1 is 0.806 bits per heavy atom. The third kappa shape index (κ3) is 19.9. The number of rotatable bonds is 3. The lowest BCUT2D eigenvalue weighted by Gasteiger charge is -1.96. The fourth-order valence-corrected chi connectivity index (χ4v) is 2.29. The summed E-state index contributed by atoms with van der Waals surface area (Å²) >= 11 is 3.17. The van der Waals surface area contributed by atoms with Crippen LogP contribution < -0.4 is 17.2 Å². The zero-order chi connectivity index (χ0) is 25.6. The maximum Gasteiger partial charge on any atom is 0.124 e. The molecule has 36 heavy (non-hydrogen) atoms. The van der Waals surface area contributed by atoms with E-state index in [0.717, 1.165) is 10.3 Å². The Morgan fingerprint density at radius 3 is 1.75 bits per heavy atom. The van der Waals surface area contributed by atoms with E-state index >= 15 is 0 Å². The van der Waals surface area contributed by atoms with Crippen molar-refractivity contribution in [2.45, 2.75) is 27.7 Å². The summed E-state index contributed by atoms with van der Waals surface area (Å²) in [5.41, 5.74) is 17.7. The van der Waals surface area contributed by atoms with Gasteiger partial charge in [0.2, 0.25) is 0 Å². The number of nitrogens with zero attached hydrogens (tertiary/aromatic N) is 6. The first-order valence-corrected chi connectivity index (χ1v) is 10.4. The summed E-state index contributed by atoms with van der Waals surface area (Å²) in [6.45, 7) is 3.12. The van der Waals surface area contributed by atoms with Crippen LogP contribution in [0.25, 0.3) is 6.08 Å². The molecule has 0 amide bonds. The van der Waals surface area contributed by atoms with Crippen molar-refractivity contribution in [3.05, 3.63) is 89.3 Å². The number of pyridine rings is 3. The predicted octanol–water partition coefficient (Wildman–Crippen LogP) is 5.72. The molecule has 3 aromatic heterocycles.